The van der Waals surface area contributed by atoms with E-state index in [1.807, 2.05) is 12.1 Å². The van der Waals surface area contributed by atoms with Gasteiger partial charge in [-0.3, -0.25) is 4.79 Å². The Balaban J connectivity index is 2.08. The van der Waals surface area contributed by atoms with Crippen molar-refractivity contribution in [1.82, 2.24) is 9.88 Å². The van der Waals surface area contributed by atoms with E-state index in [1.54, 1.807) is 17.9 Å². The van der Waals surface area contributed by atoms with Gasteiger partial charge in [-0.15, -0.1) is 0 Å². The summed E-state index contributed by atoms with van der Waals surface area (Å²) in [6.45, 7) is 5.75. The maximum Gasteiger partial charge on any atom is 0.272 e. The molecule has 1 amide bonds. The highest BCUT2D eigenvalue weighted by atomic mass is 16.3. The van der Waals surface area contributed by atoms with Crippen molar-refractivity contribution in [3.8, 4) is 0 Å². The molecule has 1 aliphatic heterocycles. The van der Waals surface area contributed by atoms with E-state index in [4.69, 9.17) is 0 Å². The average molecular weight is 277 g/mol. The first-order valence-electron chi connectivity index (χ1n) is 7.24. The van der Waals surface area contributed by atoms with E-state index in [-0.39, 0.29) is 5.91 Å². The van der Waals surface area contributed by atoms with E-state index < -0.39 is 5.60 Å². The van der Waals surface area contributed by atoms with Gasteiger partial charge >= 0.3 is 0 Å². The summed E-state index contributed by atoms with van der Waals surface area (Å²) in [7, 11) is 0. The van der Waals surface area contributed by atoms with E-state index >= 15 is 0 Å². The Morgan fingerprint density at radius 1 is 1.55 bits per heavy atom. The first-order valence-corrected chi connectivity index (χ1v) is 7.24. The lowest BCUT2D eigenvalue weighted by Crippen LogP contribution is -2.48. The minimum absolute atomic E-state index is 0.106. The van der Waals surface area contributed by atoms with Crippen molar-refractivity contribution in [1.29, 1.82) is 0 Å². The standard InChI is InChI=1S/C15H23N3O2/c1-3-9-16-13-7-4-6-12(17-13)14(19)18-10-5-8-15(2,20)11-18/h4,6-7,20H,3,5,8-11H2,1-2H3,(H,16,17). The maximum atomic E-state index is 12.4. The van der Waals surface area contributed by atoms with Crippen LogP contribution in [0.1, 0.15) is 43.6 Å². The monoisotopic (exact) mass is 277 g/mol. The van der Waals surface area contributed by atoms with Gasteiger partial charge in [0.25, 0.3) is 5.91 Å². The molecule has 1 aromatic rings. The smallest absolute Gasteiger partial charge is 0.272 e. The molecule has 1 fully saturated rings. The van der Waals surface area contributed by atoms with E-state index in [2.05, 4.69) is 17.2 Å². The molecule has 5 heteroatoms. The number of hydrogen-bond acceptors (Lipinski definition) is 4. The molecule has 2 heterocycles. The number of hydrogen-bond donors (Lipinski definition) is 2. The van der Waals surface area contributed by atoms with Crippen LogP contribution in [0.25, 0.3) is 0 Å². The molecule has 1 saturated heterocycles. The average Bonchev–Trinajstić information content (AvgIpc) is 2.43. The van der Waals surface area contributed by atoms with Crippen molar-refractivity contribution >= 4 is 11.7 Å². The Morgan fingerprint density at radius 3 is 3.05 bits per heavy atom. The third kappa shape index (κ3) is 3.70. The van der Waals surface area contributed by atoms with Crippen LogP contribution in [-0.4, -0.2) is 46.1 Å². The number of pyridine rings is 1. The van der Waals surface area contributed by atoms with Gasteiger partial charge in [0.15, 0.2) is 0 Å². The Bertz CT molecular complexity index is 474. The predicted molar refractivity (Wildman–Crippen MR) is 78.8 cm³/mol. The van der Waals surface area contributed by atoms with Crippen LogP contribution in [0.3, 0.4) is 0 Å². The Morgan fingerprint density at radius 2 is 2.35 bits per heavy atom. The third-order valence-electron chi connectivity index (χ3n) is 3.49. The number of nitrogens with one attached hydrogen (secondary N) is 1. The summed E-state index contributed by atoms with van der Waals surface area (Å²) in [5.41, 5.74) is -0.352. The van der Waals surface area contributed by atoms with Gasteiger partial charge < -0.3 is 15.3 Å². The first-order chi connectivity index (χ1) is 9.52. The van der Waals surface area contributed by atoms with Crippen LogP contribution in [0.4, 0.5) is 5.82 Å². The molecule has 20 heavy (non-hydrogen) atoms. The minimum Gasteiger partial charge on any atom is -0.388 e. The highest BCUT2D eigenvalue weighted by Crippen LogP contribution is 2.21. The fourth-order valence-corrected chi connectivity index (χ4v) is 2.46. The highest BCUT2D eigenvalue weighted by Gasteiger charge is 2.31. The number of aliphatic hydroxyl groups is 1. The molecular weight excluding hydrogens is 254 g/mol. The summed E-state index contributed by atoms with van der Waals surface area (Å²) in [4.78, 5) is 18.5. The van der Waals surface area contributed by atoms with Gasteiger partial charge in [-0.1, -0.05) is 13.0 Å². The van der Waals surface area contributed by atoms with Crippen molar-refractivity contribution in [3.63, 3.8) is 0 Å². The lowest BCUT2D eigenvalue weighted by Gasteiger charge is -2.36. The SMILES string of the molecule is CCCNc1cccc(C(=O)N2CCCC(C)(O)C2)n1. The second kappa shape index (κ2) is 6.22. The summed E-state index contributed by atoms with van der Waals surface area (Å²) >= 11 is 0. The van der Waals surface area contributed by atoms with E-state index in [1.165, 1.54) is 0 Å². The number of carbonyl (C=O) groups excluding carboxylic acids is 1. The van der Waals surface area contributed by atoms with Gasteiger partial charge in [0.2, 0.25) is 0 Å². The molecule has 2 rings (SSSR count). The molecule has 0 aliphatic carbocycles. The molecule has 1 aromatic heterocycles. The molecule has 1 unspecified atom stereocenters. The fraction of sp³-hybridized carbons (Fsp3) is 0.600. The van der Waals surface area contributed by atoms with Gasteiger partial charge in [-0.25, -0.2) is 4.98 Å². The van der Waals surface area contributed by atoms with E-state index in [0.29, 0.717) is 18.8 Å². The number of likely N-dealkylation sites (tertiary alicyclic amines) is 1. The van der Waals surface area contributed by atoms with Crippen LogP contribution in [-0.2, 0) is 0 Å². The van der Waals surface area contributed by atoms with Crippen LogP contribution in [0.5, 0.6) is 0 Å². The van der Waals surface area contributed by atoms with Gasteiger partial charge in [-0.2, -0.15) is 0 Å². The number of nitrogens with zero attached hydrogens (tertiary/aromatic N) is 2. The van der Waals surface area contributed by atoms with Crippen molar-refractivity contribution in [2.24, 2.45) is 0 Å². The molecule has 0 spiro atoms. The number of β-amino-alcohol motifs (C(OH)–C–C–N with tert-alkyl or cyclic N) is 1. The molecule has 5 nitrogen and oxygen atoms in total. The molecule has 0 saturated carbocycles. The lowest BCUT2D eigenvalue weighted by atomic mass is 9.95. The zero-order valence-corrected chi connectivity index (χ0v) is 12.2. The Labute approximate surface area is 120 Å². The van der Waals surface area contributed by atoms with Crippen molar-refractivity contribution in [3.05, 3.63) is 23.9 Å². The van der Waals surface area contributed by atoms with Gasteiger partial charge in [0.05, 0.1) is 5.60 Å². The van der Waals surface area contributed by atoms with Crippen LogP contribution in [0, 0.1) is 0 Å². The largest absolute Gasteiger partial charge is 0.388 e. The second-order valence-electron chi connectivity index (χ2n) is 5.66. The first kappa shape index (κ1) is 14.8. The van der Waals surface area contributed by atoms with Crippen LogP contribution in [0.2, 0.25) is 0 Å². The summed E-state index contributed by atoms with van der Waals surface area (Å²) in [6, 6.07) is 5.42. The number of aromatic nitrogens is 1. The van der Waals surface area contributed by atoms with Crippen molar-refractivity contribution in [2.75, 3.05) is 25.0 Å². The number of carbonyl (C=O) groups is 1. The van der Waals surface area contributed by atoms with Crippen molar-refractivity contribution < 1.29 is 9.90 Å². The molecule has 110 valence electrons. The predicted octanol–water partition coefficient (Wildman–Crippen LogP) is 1.89. The number of piperidine rings is 1. The molecule has 0 aromatic carbocycles. The second-order valence-corrected chi connectivity index (χ2v) is 5.66. The number of rotatable bonds is 4. The summed E-state index contributed by atoms with van der Waals surface area (Å²) in [5, 5.41) is 13.3. The minimum atomic E-state index is -0.786. The highest BCUT2D eigenvalue weighted by molar-refractivity contribution is 5.92. The number of anilines is 1. The Hall–Kier alpha value is -1.62. The van der Waals surface area contributed by atoms with Gasteiger partial charge in [0.1, 0.15) is 11.5 Å². The van der Waals surface area contributed by atoms with Gasteiger partial charge in [0, 0.05) is 19.6 Å². The molecule has 0 bridgehead atoms. The van der Waals surface area contributed by atoms with E-state index in [0.717, 1.165) is 31.6 Å². The normalized spacial score (nSPS) is 22.6. The van der Waals surface area contributed by atoms with Gasteiger partial charge in [-0.05, 0) is 38.3 Å². The third-order valence-corrected chi connectivity index (χ3v) is 3.49. The molecule has 0 radical (unpaired) electrons. The summed E-state index contributed by atoms with van der Waals surface area (Å²) in [5.74, 6) is 0.617. The zero-order chi connectivity index (χ0) is 14.6. The quantitative estimate of drug-likeness (QED) is 0.882. The number of amides is 1. The molecule has 2 N–H and O–H groups in total. The van der Waals surface area contributed by atoms with Crippen LogP contribution < -0.4 is 5.32 Å². The Kier molecular flexibility index (Phi) is 4.60. The molecular formula is C15H23N3O2. The molecule has 1 aliphatic rings. The summed E-state index contributed by atoms with van der Waals surface area (Å²) in [6.07, 6.45) is 2.57. The van der Waals surface area contributed by atoms with Crippen LogP contribution >= 0.6 is 0 Å². The maximum absolute atomic E-state index is 12.4. The fourth-order valence-electron chi connectivity index (χ4n) is 2.46. The van der Waals surface area contributed by atoms with Crippen molar-refractivity contribution in [2.45, 2.75) is 38.7 Å². The topological polar surface area (TPSA) is 65.5 Å². The van der Waals surface area contributed by atoms with E-state index in [9.17, 15) is 9.90 Å². The summed E-state index contributed by atoms with van der Waals surface area (Å²) < 4.78 is 0. The van der Waals surface area contributed by atoms with Crippen LogP contribution in [0.15, 0.2) is 18.2 Å². The lowest BCUT2D eigenvalue weighted by molar-refractivity contribution is -0.0109. The molecule has 1 atom stereocenters. The zero-order valence-electron chi connectivity index (χ0n) is 12.2.